The van der Waals surface area contributed by atoms with Gasteiger partial charge in [-0.1, -0.05) is 54.6 Å². The molecular formula is C47H23F12N3. The van der Waals surface area contributed by atoms with Crippen LogP contribution in [0.1, 0.15) is 27.8 Å². The number of benzene rings is 7. The first-order valence-corrected chi connectivity index (χ1v) is 18.4. The number of nitriles is 1. The average molecular weight is 858 g/mol. The first-order valence-electron chi connectivity index (χ1n) is 18.4. The van der Waals surface area contributed by atoms with E-state index in [1.54, 1.807) is 53.1 Å². The van der Waals surface area contributed by atoms with Crippen LogP contribution in [0.3, 0.4) is 0 Å². The molecule has 0 aliphatic heterocycles. The van der Waals surface area contributed by atoms with E-state index < -0.39 is 58.1 Å². The van der Waals surface area contributed by atoms with Gasteiger partial charge in [0.05, 0.1) is 67.3 Å². The summed E-state index contributed by atoms with van der Waals surface area (Å²) in [6.07, 6.45) is -20.1. The van der Waals surface area contributed by atoms with Crippen LogP contribution in [-0.4, -0.2) is 9.13 Å². The van der Waals surface area contributed by atoms with E-state index in [1.807, 2.05) is 0 Å². The molecule has 0 N–H and O–H groups in total. The molecule has 3 nitrogen and oxygen atoms in total. The zero-order valence-corrected chi connectivity index (χ0v) is 31.2. The fourth-order valence-corrected chi connectivity index (χ4v) is 8.34. The van der Waals surface area contributed by atoms with Crippen molar-refractivity contribution in [3.63, 3.8) is 0 Å². The highest BCUT2D eigenvalue weighted by atomic mass is 19.4. The van der Waals surface area contributed by atoms with Gasteiger partial charge >= 0.3 is 24.7 Å². The highest BCUT2D eigenvalue weighted by Crippen LogP contribution is 2.49. The summed E-state index contributed by atoms with van der Waals surface area (Å²) < 4.78 is 176. The standard InChI is InChI=1S/C47H23F12N3/c48-44(49,50)27-16-19-38-31(22-27)29-8-1-3-12-36(29)61(38)40-18-15-25(43-34(46(54,55)56)10-6-11-35(43)47(57,58)59)21-33(40)42-26(24-60)7-5-14-41(42)62-37-13-4-2-9-30(37)32-23-28(45(51,52)53)17-20-39(32)62/h1-23H. The summed E-state index contributed by atoms with van der Waals surface area (Å²) in [4.78, 5) is 0. The zero-order valence-electron chi connectivity index (χ0n) is 31.2. The minimum absolute atomic E-state index is 0.0434. The van der Waals surface area contributed by atoms with Crippen LogP contribution < -0.4 is 0 Å². The minimum Gasteiger partial charge on any atom is -0.309 e. The van der Waals surface area contributed by atoms with Gasteiger partial charge in [-0.15, -0.1) is 0 Å². The Hall–Kier alpha value is -7.21. The number of fused-ring (bicyclic) bond motifs is 6. The molecule has 2 heterocycles. The molecule has 15 heteroatoms. The molecule has 0 spiro atoms. The monoisotopic (exact) mass is 857 g/mol. The summed E-state index contributed by atoms with van der Waals surface area (Å²) in [5, 5.41) is 11.7. The van der Waals surface area contributed by atoms with Gasteiger partial charge in [-0.2, -0.15) is 57.9 Å². The van der Waals surface area contributed by atoms with Crippen LogP contribution in [0.15, 0.2) is 140 Å². The van der Waals surface area contributed by atoms with Gasteiger partial charge in [0, 0.05) is 38.2 Å². The summed E-state index contributed by atoms with van der Waals surface area (Å²) in [7, 11) is 0. The smallest absolute Gasteiger partial charge is 0.309 e. The van der Waals surface area contributed by atoms with Gasteiger partial charge in [-0.3, -0.25) is 0 Å². The molecule has 0 atom stereocenters. The number of rotatable bonds is 4. The third kappa shape index (κ3) is 6.48. The van der Waals surface area contributed by atoms with Crippen LogP contribution in [-0.2, 0) is 24.7 Å². The SMILES string of the molecule is N#Cc1cccc(-n2c3ccccc3c3cc(C(F)(F)F)ccc32)c1-c1cc(-c2c(C(F)(F)F)cccc2C(F)(F)F)ccc1-n1c2ccccc2c2cc(C(F)(F)F)ccc21. The zero-order chi connectivity index (χ0) is 44.1. The van der Waals surface area contributed by atoms with Gasteiger partial charge in [-0.25, -0.2) is 0 Å². The summed E-state index contributed by atoms with van der Waals surface area (Å²) in [5.41, 5.74) is -6.09. The predicted molar refractivity (Wildman–Crippen MR) is 211 cm³/mol. The topological polar surface area (TPSA) is 33.6 Å². The van der Waals surface area contributed by atoms with Gasteiger partial charge in [0.25, 0.3) is 0 Å². The summed E-state index contributed by atoms with van der Waals surface area (Å²) in [6, 6.07) is 30.1. The van der Waals surface area contributed by atoms with Crippen LogP contribution in [0.25, 0.3) is 77.2 Å². The fourth-order valence-electron chi connectivity index (χ4n) is 8.34. The van der Waals surface area contributed by atoms with Crippen LogP contribution in [0.2, 0.25) is 0 Å². The normalized spacial score (nSPS) is 12.8. The van der Waals surface area contributed by atoms with Gasteiger partial charge < -0.3 is 9.13 Å². The second-order valence-electron chi connectivity index (χ2n) is 14.4. The Labute approximate surface area is 341 Å². The van der Waals surface area contributed by atoms with Crippen LogP contribution in [0.4, 0.5) is 52.7 Å². The van der Waals surface area contributed by atoms with Crippen molar-refractivity contribution in [2.75, 3.05) is 0 Å². The minimum atomic E-state index is -5.29. The van der Waals surface area contributed by atoms with E-state index in [0.29, 0.717) is 40.0 Å². The molecule has 9 aromatic rings. The van der Waals surface area contributed by atoms with E-state index in [4.69, 9.17) is 0 Å². The van der Waals surface area contributed by atoms with E-state index in [2.05, 4.69) is 6.07 Å². The van der Waals surface area contributed by atoms with Crippen LogP contribution >= 0.6 is 0 Å². The molecule has 310 valence electrons. The Morgan fingerprint density at radius 3 is 1.34 bits per heavy atom. The van der Waals surface area contributed by atoms with Gasteiger partial charge in [-0.05, 0) is 90.5 Å². The van der Waals surface area contributed by atoms with E-state index in [1.165, 1.54) is 41.0 Å². The Morgan fingerprint density at radius 2 is 0.855 bits per heavy atom. The van der Waals surface area contributed by atoms with Gasteiger partial charge in [0.15, 0.2) is 0 Å². The number of aromatic nitrogens is 2. The lowest BCUT2D eigenvalue weighted by atomic mass is 9.89. The van der Waals surface area contributed by atoms with Gasteiger partial charge in [0.2, 0.25) is 0 Å². The second kappa shape index (κ2) is 13.9. The summed E-state index contributed by atoms with van der Waals surface area (Å²) >= 11 is 0. The van der Waals surface area contributed by atoms with Crippen molar-refractivity contribution >= 4 is 43.6 Å². The molecule has 7 aromatic carbocycles. The van der Waals surface area contributed by atoms with Crippen molar-refractivity contribution in [2.45, 2.75) is 24.7 Å². The van der Waals surface area contributed by atoms with Crippen molar-refractivity contribution in [3.05, 3.63) is 167 Å². The van der Waals surface area contributed by atoms with Crippen LogP contribution in [0.5, 0.6) is 0 Å². The Bertz CT molecular complexity index is 3290. The lowest BCUT2D eigenvalue weighted by Crippen LogP contribution is -2.14. The molecule has 0 aliphatic rings. The van der Waals surface area contributed by atoms with Crippen LogP contribution in [0, 0.1) is 11.3 Å². The highest BCUT2D eigenvalue weighted by Gasteiger charge is 2.41. The Morgan fingerprint density at radius 1 is 0.387 bits per heavy atom. The van der Waals surface area contributed by atoms with Crippen molar-refractivity contribution in [1.82, 2.24) is 9.13 Å². The molecule has 62 heavy (non-hydrogen) atoms. The molecule has 2 aromatic heterocycles. The van der Waals surface area contributed by atoms with Crippen molar-refractivity contribution in [1.29, 1.82) is 5.26 Å². The first-order chi connectivity index (χ1) is 29.3. The quantitative estimate of drug-likeness (QED) is 0.162. The number of para-hydroxylation sites is 2. The molecular weight excluding hydrogens is 835 g/mol. The molecule has 0 radical (unpaired) electrons. The molecule has 0 bridgehead atoms. The number of nitrogens with zero attached hydrogens (tertiary/aromatic N) is 3. The maximum absolute atomic E-state index is 14.7. The summed E-state index contributed by atoms with van der Waals surface area (Å²) in [5.74, 6) is 0. The van der Waals surface area contributed by atoms with Crippen molar-refractivity contribution in [2.24, 2.45) is 0 Å². The van der Waals surface area contributed by atoms with Gasteiger partial charge in [0.1, 0.15) is 0 Å². The van der Waals surface area contributed by atoms with Crippen molar-refractivity contribution in [3.8, 4) is 39.7 Å². The summed E-state index contributed by atoms with van der Waals surface area (Å²) in [6.45, 7) is 0. The maximum Gasteiger partial charge on any atom is 0.417 e. The number of alkyl halides is 12. The third-order valence-electron chi connectivity index (χ3n) is 10.9. The molecule has 9 rings (SSSR count). The Balaban J connectivity index is 1.46. The maximum atomic E-state index is 14.7. The lowest BCUT2D eigenvalue weighted by molar-refractivity contribution is -0.142. The van der Waals surface area contributed by atoms with E-state index in [9.17, 15) is 57.9 Å². The van der Waals surface area contributed by atoms with E-state index in [-0.39, 0.29) is 49.9 Å². The molecule has 0 saturated carbocycles. The molecule has 0 saturated heterocycles. The largest absolute Gasteiger partial charge is 0.417 e. The average Bonchev–Trinajstić information content (AvgIpc) is 3.74. The third-order valence-corrected chi connectivity index (χ3v) is 10.9. The molecule has 0 fully saturated rings. The highest BCUT2D eigenvalue weighted by molar-refractivity contribution is 6.12. The van der Waals surface area contributed by atoms with E-state index in [0.717, 1.165) is 36.4 Å². The molecule has 0 amide bonds. The number of hydrogen-bond acceptors (Lipinski definition) is 1. The Kier molecular flexibility index (Phi) is 9.02. The predicted octanol–water partition coefficient (Wildman–Crippen LogP) is 15.2. The number of halogens is 12. The van der Waals surface area contributed by atoms with Crippen molar-refractivity contribution < 1.29 is 52.7 Å². The second-order valence-corrected chi connectivity index (χ2v) is 14.4. The first kappa shape index (κ1) is 40.2. The van der Waals surface area contributed by atoms with E-state index >= 15 is 0 Å². The lowest BCUT2D eigenvalue weighted by Gasteiger charge is -2.23. The fraction of sp³-hybridized carbons (Fsp3) is 0.0851. The molecule has 0 unspecified atom stereocenters. The molecule has 0 aliphatic carbocycles. The number of hydrogen-bond donors (Lipinski definition) is 0.